The summed E-state index contributed by atoms with van der Waals surface area (Å²) in [6.07, 6.45) is 6.83. The second-order valence-electron chi connectivity index (χ2n) is 4.86. The van der Waals surface area contributed by atoms with Gasteiger partial charge in [0.15, 0.2) is 0 Å². The Morgan fingerprint density at radius 1 is 1.07 bits per heavy atom. The van der Waals surface area contributed by atoms with Gasteiger partial charge in [0, 0.05) is 0 Å². The van der Waals surface area contributed by atoms with E-state index in [0.717, 1.165) is 0 Å². The SMILES string of the molecule is CC1=CC=CC1[Si](C)(C)c1ccccc1. The van der Waals surface area contributed by atoms with Crippen LogP contribution in [0.25, 0.3) is 0 Å². The van der Waals surface area contributed by atoms with Gasteiger partial charge < -0.3 is 0 Å². The van der Waals surface area contributed by atoms with Gasteiger partial charge in [0.1, 0.15) is 0 Å². The third-order valence-corrected chi connectivity index (χ3v) is 7.47. The molecule has 0 aromatic heterocycles. The molecule has 1 atom stereocenters. The highest BCUT2D eigenvalue weighted by molar-refractivity contribution is 6.91. The molecule has 0 N–H and O–H groups in total. The van der Waals surface area contributed by atoms with Crippen LogP contribution in [0.5, 0.6) is 0 Å². The van der Waals surface area contributed by atoms with Gasteiger partial charge in [-0.1, -0.05) is 72.4 Å². The molecule has 1 heteroatoms. The van der Waals surface area contributed by atoms with Crippen LogP contribution in [-0.4, -0.2) is 8.07 Å². The number of hydrogen-bond donors (Lipinski definition) is 0. The topological polar surface area (TPSA) is 0 Å². The minimum atomic E-state index is -1.36. The Kier molecular flexibility index (Phi) is 2.66. The molecule has 15 heavy (non-hydrogen) atoms. The molecule has 0 heterocycles. The van der Waals surface area contributed by atoms with Crippen molar-refractivity contribution in [3.8, 4) is 0 Å². The highest BCUT2D eigenvalue weighted by Crippen LogP contribution is 2.34. The minimum absolute atomic E-state index is 0.680. The maximum atomic E-state index is 2.46. The zero-order valence-electron chi connectivity index (χ0n) is 9.70. The van der Waals surface area contributed by atoms with Crippen molar-refractivity contribution in [1.82, 2.24) is 0 Å². The van der Waals surface area contributed by atoms with Crippen molar-refractivity contribution >= 4 is 13.3 Å². The zero-order valence-corrected chi connectivity index (χ0v) is 10.7. The lowest BCUT2D eigenvalue weighted by Gasteiger charge is -2.30. The Morgan fingerprint density at radius 3 is 2.27 bits per heavy atom. The maximum Gasteiger partial charge on any atom is 0.0915 e. The van der Waals surface area contributed by atoms with Crippen molar-refractivity contribution in [3.05, 3.63) is 54.1 Å². The summed E-state index contributed by atoms with van der Waals surface area (Å²) in [6, 6.07) is 11.0. The van der Waals surface area contributed by atoms with Crippen LogP contribution < -0.4 is 5.19 Å². The lowest BCUT2D eigenvalue weighted by atomic mass is 10.3. The molecule has 1 unspecified atom stereocenters. The average Bonchev–Trinajstić information content (AvgIpc) is 2.66. The second kappa shape index (κ2) is 3.82. The van der Waals surface area contributed by atoms with Gasteiger partial charge in [0.05, 0.1) is 8.07 Å². The highest BCUT2D eigenvalue weighted by Gasteiger charge is 2.33. The number of hydrogen-bond acceptors (Lipinski definition) is 0. The van der Waals surface area contributed by atoms with Crippen molar-refractivity contribution < 1.29 is 0 Å². The molecule has 0 amide bonds. The molecular formula is C14H18Si. The third kappa shape index (κ3) is 1.84. The molecule has 78 valence electrons. The van der Waals surface area contributed by atoms with Crippen molar-refractivity contribution in [2.45, 2.75) is 25.6 Å². The Morgan fingerprint density at radius 2 is 1.73 bits per heavy atom. The van der Waals surface area contributed by atoms with E-state index in [4.69, 9.17) is 0 Å². The molecule has 1 aromatic rings. The summed E-state index contributed by atoms with van der Waals surface area (Å²) < 4.78 is 0. The van der Waals surface area contributed by atoms with Crippen LogP contribution in [0.3, 0.4) is 0 Å². The van der Waals surface area contributed by atoms with Gasteiger partial charge in [-0.2, -0.15) is 0 Å². The van der Waals surface area contributed by atoms with Gasteiger partial charge in [0.25, 0.3) is 0 Å². The van der Waals surface area contributed by atoms with E-state index in [1.165, 1.54) is 5.57 Å². The van der Waals surface area contributed by atoms with Gasteiger partial charge in [-0.3, -0.25) is 0 Å². The molecule has 1 aliphatic carbocycles. The number of allylic oxidation sites excluding steroid dienone is 4. The summed E-state index contributed by atoms with van der Waals surface area (Å²) in [4.78, 5) is 0. The van der Waals surface area contributed by atoms with Crippen LogP contribution in [-0.2, 0) is 0 Å². The predicted octanol–water partition coefficient (Wildman–Crippen LogP) is 3.49. The fourth-order valence-electron chi connectivity index (χ4n) is 2.43. The van der Waals surface area contributed by atoms with Crippen molar-refractivity contribution in [3.63, 3.8) is 0 Å². The second-order valence-corrected chi connectivity index (χ2v) is 9.50. The molecular weight excluding hydrogens is 196 g/mol. The summed E-state index contributed by atoms with van der Waals surface area (Å²) in [7, 11) is -1.36. The van der Waals surface area contributed by atoms with Gasteiger partial charge >= 0.3 is 0 Å². The molecule has 0 fully saturated rings. The van der Waals surface area contributed by atoms with Crippen LogP contribution in [0.2, 0.25) is 18.6 Å². The molecule has 0 nitrogen and oxygen atoms in total. The molecule has 0 radical (unpaired) electrons. The van der Waals surface area contributed by atoms with E-state index in [1.54, 1.807) is 5.19 Å². The van der Waals surface area contributed by atoms with E-state index < -0.39 is 8.07 Å². The Labute approximate surface area is 93.3 Å². The number of rotatable bonds is 2. The third-order valence-electron chi connectivity index (χ3n) is 3.45. The van der Waals surface area contributed by atoms with Gasteiger partial charge in [-0.25, -0.2) is 0 Å². The maximum absolute atomic E-state index is 2.46. The lowest BCUT2D eigenvalue weighted by molar-refractivity contribution is 1.18. The quantitative estimate of drug-likeness (QED) is 0.661. The van der Waals surface area contributed by atoms with Gasteiger partial charge in [0.2, 0.25) is 0 Å². The predicted molar refractivity (Wildman–Crippen MR) is 70.2 cm³/mol. The fourth-order valence-corrected chi connectivity index (χ4v) is 5.67. The fraction of sp³-hybridized carbons (Fsp3) is 0.286. The first-order valence-electron chi connectivity index (χ1n) is 5.53. The molecule has 0 saturated heterocycles. The molecule has 1 aromatic carbocycles. The Hall–Kier alpha value is -1.08. The Balaban J connectivity index is 2.35. The average molecular weight is 214 g/mol. The molecule has 0 spiro atoms. The normalized spacial score (nSPS) is 20.5. The first-order chi connectivity index (χ1) is 7.12. The van der Waals surface area contributed by atoms with E-state index in [9.17, 15) is 0 Å². The standard InChI is InChI=1S/C14H18Si/c1-12-8-7-11-14(12)15(2,3)13-9-5-4-6-10-13/h4-11,14H,1-3H3. The van der Waals surface area contributed by atoms with Gasteiger partial charge in [-0.15, -0.1) is 0 Å². The molecule has 2 rings (SSSR count). The van der Waals surface area contributed by atoms with E-state index >= 15 is 0 Å². The minimum Gasteiger partial charge on any atom is -0.0797 e. The molecule has 1 aliphatic rings. The van der Waals surface area contributed by atoms with E-state index in [2.05, 4.69) is 68.6 Å². The van der Waals surface area contributed by atoms with Crippen LogP contribution in [0.1, 0.15) is 6.92 Å². The zero-order chi connectivity index (χ0) is 10.9. The van der Waals surface area contributed by atoms with Crippen molar-refractivity contribution in [2.24, 2.45) is 0 Å². The lowest BCUT2D eigenvalue weighted by Crippen LogP contribution is -2.45. The summed E-state index contributed by atoms with van der Waals surface area (Å²) in [5, 5.41) is 1.55. The van der Waals surface area contributed by atoms with Crippen molar-refractivity contribution in [2.75, 3.05) is 0 Å². The molecule has 0 saturated carbocycles. The van der Waals surface area contributed by atoms with E-state index in [-0.39, 0.29) is 0 Å². The number of benzene rings is 1. The first kappa shape index (κ1) is 10.4. The molecule has 0 aliphatic heterocycles. The van der Waals surface area contributed by atoms with Crippen LogP contribution in [0.4, 0.5) is 0 Å². The summed E-state index contributed by atoms with van der Waals surface area (Å²) >= 11 is 0. The molecule has 0 bridgehead atoms. The van der Waals surface area contributed by atoms with Crippen molar-refractivity contribution in [1.29, 1.82) is 0 Å². The summed E-state index contributed by atoms with van der Waals surface area (Å²) in [5.41, 5.74) is 2.20. The monoisotopic (exact) mass is 214 g/mol. The highest BCUT2D eigenvalue weighted by atomic mass is 28.3. The van der Waals surface area contributed by atoms with Gasteiger partial charge in [-0.05, 0) is 12.5 Å². The Bertz CT molecular complexity index is 399. The van der Waals surface area contributed by atoms with Crippen LogP contribution in [0.15, 0.2) is 54.1 Å². The van der Waals surface area contributed by atoms with E-state index in [0.29, 0.717) is 5.54 Å². The largest absolute Gasteiger partial charge is 0.0915 e. The van der Waals surface area contributed by atoms with Crippen LogP contribution >= 0.6 is 0 Å². The smallest absolute Gasteiger partial charge is 0.0797 e. The van der Waals surface area contributed by atoms with E-state index in [1.807, 2.05) is 0 Å². The van der Waals surface area contributed by atoms with Crippen LogP contribution in [0, 0.1) is 0 Å². The summed E-state index contributed by atoms with van der Waals surface area (Å²) in [5.74, 6) is 0. The summed E-state index contributed by atoms with van der Waals surface area (Å²) in [6.45, 7) is 7.17. The first-order valence-corrected chi connectivity index (χ1v) is 8.60.